The van der Waals surface area contributed by atoms with Gasteiger partial charge in [0.05, 0.1) is 35.6 Å². The first-order chi connectivity index (χ1) is 19.6. The molecule has 2 N–H and O–H groups in total. The van der Waals surface area contributed by atoms with Crippen LogP contribution in [-0.4, -0.2) is 96.7 Å². The van der Waals surface area contributed by atoms with E-state index in [1.165, 1.54) is 18.2 Å². The molecule has 222 valence electrons. The monoisotopic (exact) mass is 578 g/mol. The molecule has 0 aliphatic carbocycles. The van der Waals surface area contributed by atoms with Gasteiger partial charge < -0.3 is 34.2 Å². The van der Waals surface area contributed by atoms with E-state index in [1.807, 2.05) is 0 Å². The predicted octanol–water partition coefficient (Wildman–Crippen LogP) is 3.35. The standard InChI is InChI=1S/C27H33F3N6O5/c1-15-24(23-16(2)34-41-17(23)3)32-25(20-11-19(5-6-21(20)28)40-14-18(37)12-31-4)33-26(15)35-7-8-36(13-22(29)30)27(38)39-10-9-35/h5-6,11,18,22,31,37H,7-10,12-14H2,1-4H3/t18-/m1/s1. The fourth-order valence-corrected chi connectivity index (χ4v) is 4.57. The van der Waals surface area contributed by atoms with E-state index in [2.05, 4.69) is 10.5 Å². The van der Waals surface area contributed by atoms with E-state index in [9.17, 15) is 18.7 Å². The van der Waals surface area contributed by atoms with Crippen molar-refractivity contribution >= 4 is 11.9 Å². The highest BCUT2D eigenvalue weighted by Gasteiger charge is 2.27. The topological polar surface area (TPSA) is 126 Å². The predicted molar refractivity (Wildman–Crippen MR) is 144 cm³/mol. The third-order valence-corrected chi connectivity index (χ3v) is 6.59. The van der Waals surface area contributed by atoms with Crippen LogP contribution < -0.4 is 15.0 Å². The van der Waals surface area contributed by atoms with Crippen molar-refractivity contribution in [3.05, 3.63) is 41.0 Å². The van der Waals surface area contributed by atoms with Gasteiger partial charge in [0.1, 0.15) is 42.5 Å². The summed E-state index contributed by atoms with van der Waals surface area (Å²) < 4.78 is 57.6. The summed E-state index contributed by atoms with van der Waals surface area (Å²) in [6.45, 7) is 5.14. The van der Waals surface area contributed by atoms with E-state index in [0.29, 0.717) is 46.4 Å². The minimum absolute atomic E-state index is 0.0160. The van der Waals surface area contributed by atoms with Crippen LogP contribution in [0.15, 0.2) is 22.7 Å². The molecular weight excluding hydrogens is 545 g/mol. The second-order valence-electron chi connectivity index (χ2n) is 9.65. The number of rotatable bonds is 10. The minimum Gasteiger partial charge on any atom is -0.491 e. The molecule has 1 aliphatic rings. The van der Waals surface area contributed by atoms with E-state index in [-0.39, 0.29) is 44.2 Å². The number of hydrogen-bond donors (Lipinski definition) is 2. The van der Waals surface area contributed by atoms with Gasteiger partial charge >= 0.3 is 6.09 Å². The third-order valence-electron chi connectivity index (χ3n) is 6.59. The molecule has 4 rings (SSSR count). The van der Waals surface area contributed by atoms with Crippen molar-refractivity contribution in [3.8, 4) is 28.4 Å². The minimum atomic E-state index is -2.72. The molecule has 0 unspecified atom stereocenters. The van der Waals surface area contributed by atoms with Gasteiger partial charge in [-0.15, -0.1) is 0 Å². The summed E-state index contributed by atoms with van der Waals surface area (Å²) in [5, 5.41) is 16.9. The number of aliphatic hydroxyl groups is 1. The van der Waals surface area contributed by atoms with Crippen molar-refractivity contribution < 1.29 is 37.1 Å². The van der Waals surface area contributed by atoms with Crippen LogP contribution in [0.5, 0.6) is 5.75 Å². The van der Waals surface area contributed by atoms with E-state index >= 15 is 4.39 Å². The van der Waals surface area contributed by atoms with Gasteiger partial charge in [-0.25, -0.2) is 27.9 Å². The van der Waals surface area contributed by atoms with E-state index in [0.717, 1.165) is 4.90 Å². The smallest absolute Gasteiger partial charge is 0.410 e. The Morgan fingerprint density at radius 3 is 2.63 bits per heavy atom. The Hall–Kier alpha value is -3.91. The molecule has 1 atom stereocenters. The summed E-state index contributed by atoms with van der Waals surface area (Å²) in [6, 6.07) is 4.12. The van der Waals surface area contributed by atoms with Crippen molar-refractivity contribution in [2.24, 2.45) is 0 Å². The number of nitrogens with one attached hydrogen (secondary N) is 1. The largest absolute Gasteiger partial charge is 0.491 e. The lowest BCUT2D eigenvalue weighted by molar-refractivity contribution is 0.0590. The summed E-state index contributed by atoms with van der Waals surface area (Å²) in [7, 11) is 1.70. The van der Waals surface area contributed by atoms with Crippen molar-refractivity contribution in [1.82, 2.24) is 25.3 Å². The Morgan fingerprint density at radius 2 is 1.95 bits per heavy atom. The van der Waals surface area contributed by atoms with Gasteiger partial charge in [-0.3, -0.25) is 0 Å². The number of aryl methyl sites for hydroxylation is 2. The lowest BCUT2D eigenvalue weighted by Gasteiger charge is -2.32. The van der Waals surface area contributed by atoms with Gasteiger partial charge in [0.25, 0.3) is 6.43 Å². The first-order valence-corrected chi connectivity index (χ1v) is 13.1. The number of aliphatic hydroxyl groups excluding tert-OH is 1. The fraction of sp³-hybridized carbons (Fsp3) is 0.481. The SMILES string of the molecule is CNC[C@@H](O)COc1ccc(F)c(-c2nc(-c3c(C)noc3C)c(C)c(N3CCOC(=O)N(CC(F)F)CC3)n2)c1. The number of carbonyl (C=O) groups is 1. The summed E-state index contributed by atoms with van der Waals surface area (Å²) in [4.78, 5) is 24.3. The lowest BCUT2D eigenvalue weighted by atomic mass is 10.0. The molecule has 0 bridgehead atoms. The number of amides is 1. The number of alkyl halides is 2. The van der Waals surface area contributed by atoms with Crippen LogP contribution in [0.4, 0.5) is 23.8 Å². The molecule has 0 radical (unpaired) electrons. The molecule has 14 heteroatoms. The number of aromatic nitrogens is 3. The van der Waals surface area contributed by atoms with E-state index in [1.54, 1.807) is 32.7 Å². The average molecular weight is 579 g/mol. The number of anilines is 1. The molecule has 1 aromatic carbocycles. The Morgan fingerprint density at radius 1 is 1.17 bits per heavy atom. The summed E-state index contributed by atoms with van der Waals surface area (Å²) in [6.07, 6.45) is -4.29. The maximum atomic E-state index is 15.2. The summed E-state index contributed by atoms with van der Waals surface area (Å²) in [5.74, 6) is 0.666. The van der Waals surface area contributed by atoms with Gasteiger partial charge in [-0.2, -0.15) is 0 Å². The van der Waals surface area contributed by atoms with Crippen molar-refractivity contribution in [2.45, 2.75) is 33.3 Å². The molecule has 1 saturated heterocycles. The quantitative estimate of drug-likeness (QED) is 0.370. The molecular formula is C27H33F3N6O5. The molecule has 0 saturated carbocycles. The molecule has 41 heavy (non-hydrogen) atoms. The molecule has 3 aromatic rings. The Kier molecular flexibility index (Phi) is 9.65. The fourth-order valence-electron chi connectivity index (χ4n) is 4.57. The van der Waals surface area contributed by atoms with Gasteiger partial charge in [-0.05, 0) is 46.0 Å². The van der Waals surface area contributed by atoms with Crippen LogP contribution in [0.2, 0.25) is 0 Å². The van der Waals surface area contributed by atoms with E-state index in [4.69, 9.17) is 24.0 Å². The van der Waals surface area contributed by atoms with Crippen LogP contribution in [0, 0.1) is 26.6 Å². The molecule has 1 amide bonds. The van der Waals surface area contributed by atoms with E-state index < -0.39 is 31.0 Å². The lowest BCUT2D eigenvalue weighted by Crippen LogP contribution is -2.46. The normalized spacial score (nSPS) is 15.1. The Balaban J connectivity index is 1.78. The Bertz CT molecular complexity index is 1350. The maximum Gasteiger partial charge on any atom is 0.410 e. The highest BCUT2D eigenvalue weighted by Crippen LogP contribution is 2.35. The number of ether oxygens (including phenoxy) is 2. The van der Waals surface area contributed by atoms with Crippen molar-refractivity contribution in [2.75, 3.05) is 57.9 Å². The van der Waals surface area contributed by atoms with Gasteiger partial charge in [0.2, 0.25) is 0 Å². The molecule has 1 aliphatic heterocycles. The first kappa shape index (κ1) is 30.1. The second-order valence-corrected chi connectivity index (χ2v) is 9.65. The number of cyclic esters (lactones) is 1. The number of benzene rings is 1. The van der Waals surface area contributed by atoms with Crippen molar-refractivity contribution in [3.63, 3.8) is 0 Å². The zero-order chi connectivity index (χ0) is 29.7. The summed E-state index contributed by atoms with van der Waals surface area (Å²) >= 11 is 0. The highest BCUT2D eigenvalue weighted by atomic mass is 19.3. The summed E-state index contributed by atoms with van der Waals surface area (Å²) in [5.41, 5.74) is 2.33. The Labute approximate surface area is 235 Å². The number of likely N-dealkylation sites (N-methyl/N-ethyl adjacent to an activating group) is 1. The number of halogens is 3. The van der Waals surface area contributed by atoms with Crippen LogP contribution in [0.25, 0.3) is 22.6 Å². The first-order valence-electron chi connectivity index (χ1n) is 13.1. The van der Waals surface area contributed by atoms with Crippen molar-refractivity contribution in [1.29, 1.82) is 0 Å². The number of hydrogen-bond acceptors (Lipinski definition) is 10. The average Bonchev–Trinajstić information content (AvgIpc) is 3.26. The third kappa shape index (κ3) is 7.06. The highest BCUT2D eigenvalue weighted by molar-refractivity contribution is 5.75. The van der Waals surface area contributed by atoms with Crippen LogP contribution >= 0.6 is 0 Å². The number of carbonyl (C=O) groups excluding carboxylic acids is 1. The van der Waals surface area contributed by atoms with Gasteiger partial charge in [0.15, 0.2) is 5.82 Å². The molecule has 11 nitrogen and oxygen atoms in total. The van der Waals surface area contributed by atoms with Crippen LogP contribution in [0.1, 0.15) is 17.0 Å². The van der Waals surface area contributed by atoms with Gasteiger partial charge in [-0.1, -0.05) is 5.16 Å². The molecule has 1 fully saturated rings. The zero-order valence-electron chi connectivity index (χ0n) is 23.3. The molecule has 2 aromatic heterocycles. The van der Waals surface area contributed by atoms with Crippen LogP contribution in [-0.2, 0) is 4.74 Å². The number of nitrogens with zero attached hydrogens (tertiary/aromatic N) is 5. The second kappa shape index (κ2) is 13.2. The van der Waals surface area contributed by atoms with Crippen LogP contribution in [0.3, 0.4) is 0 Å². The maximum absolute atomic E-state index is 15.2. The zero-order valence-corrected chi connectivity index (χ0v) is 23.3. The molecule has 3 heterocycles. The van der Waals surface area contributed by atoms with Gasteiger partial charge in [0, 0.05) is 25.2 Å². The molecule has 0 spiro atoms.